The number of nitrogens with one attached hydrogen (secondary N) is 1. The van der Waals surface area contributed by atoms with E-state index in [9.17, 15) is 0 Å². The molecule has 0 saturated heterocycles. The Balaban J connectivity index is 1.63. The fourth-order valence-corrected chi connectivity index (χ4v) is 3.10. The molecule has 0 amide bonds. The summed E-state index contributed by atoms with van der Waals surface area (Å²) in [4.78, 5) is 17.1. The smallest absolute Gasteiger partial charge is 0.129 e. The second-order valence-corrected chi connectivity index (χ2v) is 7.62. The van der Waals surface area contributed by atoms with E-state index in [1.54, 1.807) is 31.1 Å². The third-order valence-electron chi connectivity index (χ3n) is 4.85. The highest BCUT2D eigenvalue weighted by molar-refractivity contribution is 5.81. The number of aliphatic imine (C=N–C) groups is 1. The first-order valence-electron chi connectivity index (χ1n) is 10.6. The topological polar surface area (TPSA) is 77.2 Å². The van der Waals surface area contributed by atoms with Crippen LogP contribution in [0, 0.1) is 0 Å². The zero-order valence-corrected chi connectivity index (χ0v) is 18.9. The van der Waals surface area contributed by atoms with Gasteiger partial charge in [-0.05, 0) is 25.5 Å². The van der Waals surface area contributed by atoms with Crippen molar-refractivity contribution in [2.24, 2.45) is 4.99 Å². The lowest BCUT2D eigenvalue weighted by Crippen LogP contribution is -2.13. The van der Waals surface area contributed by atoms with Crippen LogP contribution >= 0.6 is 0 Å². The molecule has 0 radical (unpaired) electrons. The summed E-state index contributed by atoms with van der Waals surface area (Å²) in [6, 6.07) is 10.1. The van der Waals surface area contributed by atoms with Crippen molar-refractivity contribution in [3.63, 3.8) is 0 Å². The minimum absolute atomic E-state index is 0.222. The van der Waals surface area contributed by atoms with Crippen molar-refractivity contribution >= 4 is 17.1 Å². The highest BCUT2D eigenvalue weighted by Crippen LogP contribution is 2.27. The maximum Gasteiger partial charge on any atom is 0.129 e. The summed E-state index contributed by atoms with van der Waals surface area (Å²) >= 11 is 0. The normalized spacial score (nSPS) is 12.2. The Labute approximate surface area is 189 Å². The van der Waals surface area contributed by atoms with Gasteiger partial charge in [0.25, 0.3) is 0 Å². The number of hydrogen-bond donors (Lipinski definition) is 1. The first-order chi connectivity index (χ1) is 15.6. The van der Waals surface area contributed by atoms with Crippen LogP contribution in [0.2, 0.25) is 0 Å². The van der Waals surface area contributed by atoms with Crippen LogP contribution in [0.4, 0.5) is 5.82 Å². The fourth-order valence-electron chi connectivity index (χ4n) is 3.10. The molecular formula is C25H30N6O. The van der Waals surface area contributed by atoms with E-state index in [1.165, 1.54) is 0 Å². The van der Waals surface area contributed by atoms with Crippen LogP contribution in [-0.2, 0) is 6.54 Å². The molecule has 1 unspecified atom stereocenters. The lowest BCUT2D eigenvalue weighted by Gasteiger charge is -2.18. The molecule has 7 nitrogen and oxygen atoms in total. The SMILES string of the molecule is C=C/C(=C\N=C(C)C)c1cc(NCC(C)c2ccccc2OCCn2ccnc2)ncn1. The van der Waals surface area contributed by atoms with E-state index in [0.29, 0.717) is 13.2 Å². The molecule has 0 aliphatic heterocycles. The Morgan fingerprint density at radius 3 is 2.88 bits per heavy atom. The number of imidazole rings is 1. The summed E-state index contributed by atoms with van der Waals surface area (Å²) in [5.41, 5.74) is 3.75. The third kappa shape index (κ3) is 6.63. The molecule has 3 aromatic rings. The van der Waals surface area contributed by atoms with E-state index in [-0.39, 0.29) is 5.92 Å². The van der Waals surface area contributed by atoms with Gasteiger partial charge in [0.1, 0.15) is 24.5 Å². The van der Waals surface area contributed by atoms with Crippen LogP contribution < -0.4 is 10.1 Å². The van der Waals surface area contributed by atoms with Gasteiger partial charge in [-0.3, -0.25) is 4.99 Å². The average molecular weight is 431 g/mol. The number of allylic oxidation sites excluding steroid dienone is 2. The predicted octanol–water partition coefficient (Wildman–Crippen LogP) is 4.98. The van der Waals surface area contributed by atoms with E-state index in [4.69, 9.17) is 4.74 Å². The molecule has 2 heterocycles. The number of nitrogens with zero attached hydrogens (tertiary/aromatic N) is 5. The fraction of sp³-hybridized carbons (Fsp3) is 0.280. The Kier molecular flexibility index (Phi) is 8.31. The van der Waals surface area contributed by atoms with E-state index in [1.807, 2.05) is 48.9 Å². The van der Waals surface area contributed by atoms with E-state index >= 15 is 0 Å². The van der Waals surface area contributed by atoms with Gasteiger partial charge in [-0.25, -0.2) is 15.0 Å². The molecule has 0 saturated carbocycles. The first-order valence-corrected chi connectivity index (χ1v) is 10.6. The molecular weight excluding hydrogens is 400 g/mol. The van der Waals surface area contributed by atoms with Crippen LogP contribution in [-0.4, -0.2) is 38.4 Å². The third-order valence-corrected chi connectivity index (χ3v) is 4.85. The highest BCUT2D eigenvalue weighted by Gasteiger charge is 2.12. The van der Waals surface area contributed by atoms with Crippen molar-refractivity contribution in [1.29, 1.82) is 0 Å². The number of rotatable bonds is 11. The van der Waals surface area contributed by atoms with Gasteiger partial charge in [0.05, 0.1) is 18.6 Å². The molecule has 0 aliphatic rings. The molecule has 2 aromatic heterocycles. The maximum atomic E-state index is 6.06. The van der Waals surface area contributed by atoms with Crippen LogP contribution in [0.3, 0.4) is 0 Å². The number of para-hydroxylation sites is 1. The van der Waals surface area contributed by atoms with Crippen molar-refractivity contribution in [2.45, 2.75) is 33.2 Å². The minimum atomic E-state index is 0.222. The minimum Gasteiger partial charge on any atom is -0.491 e. The zero-order valence-electron chi connectivity index (χ0n) is 18.9. The summed E-state index contributed by atoms with van der Waals surface area (Å²) in [5.74, 6) is 1.87. The molecule has 7 heteroatoms. The number of hydrogen-bond acceptors (Lipinski definition) is 6. The van der Waals surface area contributed by atoms with Crippen molar-refractivity contribution in [3.8, 4) is 5.75 Å². The molecule has 1 aromatic carbocycles. The van der Waals surface area contributed by atoms with Gasteiger partial charge in [-0.15, -0.1) is 0 Å². The van der Waals surface area contributed by atoms with E-state index < -0.39 is 0 Å². The summed E-state index contributed by atoms with van der Waals surface area (Å²) in [7, 11) is 0. The molecule has 32 heavy (non-hydrogen) atoms. The van der Waals surface area contributed by atoms with Crippen LogP contribution in [0.1, 0.15) is 37.9 Å². The highest BCUT2D eigenvalue weighted by atomic mass is 16.5. The second kappa shape index (κ2) is 11.6. The Morgan fingerprint density at radius 1 is 1.28 bits per heavy atom. The summed E-state index contributed by atoms with van der Waals surface area (Å²) in [5, 5.41) is 3.42. The van der Waals surface area contributed by atoms with Crippen LogP contribution in [0.15, 0.2) is 79.2 Å². The standard InChI is InChI=1S/C25H30N6O/c1-5-21(16-27-19(2)3)23-14-25(30-17-29-23)28-15-20(4)22-8-6-7-9-24(22)32-13-12-31-11-10-26-18-31/h5-11,14,16-18,20H,1,12-13,15H2,2-4H3,(H,28,29,30)/b21-16+. The van der Waals surface area contributed by atoms with Gasteiger partial charge in [-0.1, -0.05) is 37.8 Å². The van der Waals surface area contributed by atoms with Crippen molar-refractivity contribution in [2.75, 3.05) is 18.5 Å². The van der Waals surface area contributed by atoms with Gasteiger partial charge in [-0.2, -0.15) is 0 Å². The maximum absolute atomic E-state index is 6.06. The van der Waals surface area contributed by atoms with E-state index in [2.05, 4.69) is 44.8 Å². The predicted molar refractivity (Wildman–Crippen MR) is 130 cm³/mol. The Hall–Kier alpha value is -3.74. The molecule has 166 valence electrons. The van der Waals surface area contributed by atoms with Gasteiger partial charge in [0, 0.05) is 48.4 Å². The summed E-state index contributed by atoms with van der Waals surface area (Å²) in [6.07, 6.45) is 10.6. The first kappa shape index (κ1) is 22.9. The Bertz CT molecular complexity index is 1070. The second-order valence-electron chi connectivity index (χ2n) is 7.62. The van der Waals surface area contributed by atoms with Crippen molar-refractivity contribution in [1.82, 2.24) is 19.5 Å². The van der Waals surface area contributed by atoms with Gasteiger partial charge >= 0.3 is 0 Å². The quantitative estimate of drug-likeness (QED) is 0.343. The zero-order chi connectivity index (χ0) is 22.8. The molecule has 0 aliphatic carbocycles. The van der Waals surface area contributed by atoms with Gasteiger partial charge < -0.3 is 14.6 Å². The Morgan fingerprint density at radius 2 is 2.12 bits per heavy atom. The van der Waals surface area contributed by atoms with Crippen LogP contribution in [0.5, 0.6) is 5.75 Å². The average Bonchev–Trinajstić information content (AvgIpc) is 3.32. The number of aromatic nitrogens is 4. The molecule has 0 bridgehead atoms. The van der Waals surface area contributed by atoms with Gasteiger partial charge in [0.2, 0.25) is 0 Å². The molecule has 0 spiro atoms. The molecule has 1 N–H and O–H groups in total. The largest absolute Gasteiger partial charge is 0.491 e. The molecule has 3 rings (SSSR count). The van der Waals surface area contributed by atoms with E-state index in [0.717, 1.165) is 40.7 Å². The van der Waals surface area contributed by atoms with Crippen molar-refractivity contribution < 1.29 is 4.74 Å². The lowest BCUT2D eigenvalue weighted by molar-refractivity contribution is 0.294. The lowest BCUT2D eigenvalue weighted by atomic mass is 10.00. The molecule has 0 fully saturated rings. The van der Waals surface area contributed by atoms with Crippen molar-refractivity contribution in [3.05, 3.63) is 85.5 Å². The number of ether oxygens (including phenoxy) is 1. The number of benzene rings is 1. The van der Waals surface area contributed by atoms with Gasteiger partial charge in [0.15, 0.2) is 0 Å². The number of anilines is 1. The summed E-state index contributed by atoms with van der Waals surface area (Å²) < 4.78 is 8.06. The molecule has 1 atom stereocenters. The van der Waals surface area contributed by atoms with Crippen LogP contribution in [0.25, 0.3) is 5.57 Å². The monoisotopic (exact) mass is 430 g/mol. The summed E-state index contributed by atoms with van der Waals surface area (Å²) in [6.45, 7) is 12.0.